The fourth-order valence-electron chi connectivity index (χ4n) is 1.33. The molecule has 2 aromatic rings. The maximum Gasteiger partial charge on any atom is 0.304 e. The highest BCUT2D eigenvalue weighted by Gasteiger charge is 2.12. The Morgan fingerprint density at radius 3 is 3.17 bits per heavy atom. The Morgan fingerprint density at radius 2 is 2.50 bits per heavy atom. The van der Waals surface area contributed by atoms with Crippen LogP contribution in [0.3, 0.4) is 0 Å². The average Bonchev–Trinajstić information content (AvgIpc) is 2.96. The zero-order chi connectivity index (χ0) is 13.0. The predicted octanol–water partition coefficient (Wildman–Crippen LogP) is 2.89. The molecule has 1 unspecified atom stereocenters. The summed E-state index contributed by atoms with van der Waals surface area (Å²) in [5, 5.41) is 14.5. The number of hydrogen-bond acceptors (Lipinski definition) is 6. The van der Waals surface area contributed by atoms with Gasteiger partial charge in [0.15, 0.2) is 5.82 Å². The van der Waals surface area contributed by atoms with Crippen molar-refractivity contribution in [1.82, 2.24) is 10.1 Å². The lowest BCUT2D eigenvalue weighted by atomic mass is 10.3. The number of thioether (sulfide) groups is 1. The first-order valence-electron chi connectivity index (χ1n) is 5.35. The molecule has 0 saturated carbocycles. The third-order valence-corrected chi connectivity index (χ3v) is 4.18. The lowest BCUT2D eigenvalue weighted by Gasteiger charge is -2.05. The summed E-state index contributed by atoms with van der Waals surface area (Å²) in [6, 6.07) is 3.84. The highest BCUT2D eigenvalue weighted by atomic mass is 32.2. The Bertz CT molecular complexity index is 510. The van der Waals surface area contributed by atoms with Crippen LogP contribution in [0, 0.1) is 0 Å². The van der Waals surface area contributed by atoms with Crippen molar-refractivity contribution in [2.75, 3.05) is 0 Å². The number of carboxylic acids is 1. The van der Waals surface area contributed by atoms with Crippen molar-refractivity contribution in [2.45, 2.75) is 24.3 Å². The fourth-order valence-corrected chi connectivity index (χ4v) is 2.79. The standard InChI is InChI=1S/C11H12N2O3S2/c1-7(5-10(14)15)18-6-9-12-11(16-13-9)8-3-2-4-17-8/h2-4,7H,5-6H2,1H3,(H,14,15). The van der Waals surface area contributed by atoms with Crippen LogP contribution < -0.4 is 0 Å². The van der Waals surface area contributed by atoms with Crippen LogP contribution in [-0.2, 0) is 10.5 Å². The highest BCUT2D eigenvalue weighted by Crippen LogP contribution is 2.24. The molecule has 0 aliphatic heterocycles. The van der Waals surface area contributed by atoms with Crippen LogP contribution in [0.25, 0.3) is 10.8 Å². The maximum absolute atomic E-state index is 10.5. The molecule has 1 N–H and O–H groups in total. The summed E-state index contributed by atoms with van der Waals surface area (Å²) in [4.78, 5) is 15.7. The maximum atomic E-state index is 10.5. The fraction of sp³-hybridized carbons (Fsp3) is 0.364. The molecule has 5 nitrogen and oxygen atoms in total. The third-order valence-electron chi connectivity index (χ3n) is 2.16. The normalized spacial score (nSPS) is 12.5. The molecule has 0 aliphatic rings. The van der Waals surface area contributed by atoms with Gasteiger partial charge in [0.2, 0.25) is 0 Å². The monoisotopic (exact) mass is 284 g/mol. The molecule has 0 spiro atoms. The summed E-state index contributed by atoms with van der Waals surface area (Å²) in [7, 11) is 0. The number of rotatable bonds is 6. The van der Waals surface area contributed by atoms with Gasteiger partial charge in [0.1, 0.15) is 0 Å². The highest BCUT2D eigenvalue weighted by molar-refractivity contribution is 7.99. The van der Waals surface area contributed by atoms with Gasteiger partial charge in [-0.2, -0.15) is 4.98 Å². The van der Waals surface area contributed by atoms with Gasteiger partial charge < -0.3 is 9.63 Å². The molecule has 18 heavy (non-hydrogen) atoms. The Labute approximate surface area is 112 Å². The summed E-state index contributed by atoms with van der Waals surface area (Å²) >= 11 is 3.05. The number of thiophene rings is 1. The molecule has 0 saturated heterocycles. The number of nitrogens with zero attached hydrogens (tertiary/aromatic N) is 2. The minimum Gasteiger partial charge on any atom is -0.481 e. The van der Waals surface area contributed by atoms with Gasteiger partial charge in [-0.1, -0.05) is 18.1 Å². The summed E-state index contributed by atoms with van der Waals surface area (Å²) in [5.41, 5.74) is 0. The van der Waals surface area contributed by atoms with Gasteiger partial charge in [0.25, 0.3) is 5.89 Å². The zero-order valence-corrected chi connectivity index (χ0v) is 11.3. The van der Waals surface area contributed by atoms with Crippen LogP contribution in [0.2, 0.25) is 0 Å². The minimum absolute atomic E-state index is 0.0335. The number of aromatic nitrogens is 2. The van der Waals surface area contributed by atoms with E-state index < -0.39 is 5.97 Å². The predicted molar refractivity (Wildman–Crippen MR) is 70.6 cm³/mol. The van der Waals surface area contributed by atoms with Gasteiger partial charge >= 0.3 is 5.97 Å². The van der Waals surface area contributed by atoms with Gasteiger partial charge in [-0.15, -0.1) is 23.1 Å². The van der Waals surface area contributed by atoms with Crippen LogP contribution in [0.5, 0.6) is 0 Å². The van der Waals surface area contributed by atoms with E-state index in [9.17, 15) is 4.79 Å². The molecular formula is C11H12N2O3S2. The first kappa shape index (κ1) is 13.1. The first-order chi connectivity index (χ1) is 8.65. The smallest absolute Gasteiger partial charge is 0.304 e. The molecule has 0 bridgehead atoms. The van der Waals surface area contributed by atoms with E-state index in [0.717, 1.165) is 4.88 Å². The third kappa shape index (κ3) is 3.58. The summed E-state index contributed by atoms with van der Waals surface area (Å²) in [6.07, 6.45) is 0.139. The Morgan fingerprint density at radius 1 is 1.67 bits per heavy atom. The number of carboxylic acid groups (broad SMARTS) is 1. The van der Waals surface area contributed by atoms with Gasteiger partial charge in [-0.05, 0) is 11.4 Å². The van der Waals surface area contributed by atoms with Crippen molar-refractivity contribution >= 4 is 29.1 Å². The van der Waals surface area contributed by atoms with Crippen molar-refractivity contribution in [3.05, 3.63) is 23.3 Å². The van der Waals surface area contributed by atoms with Crippen molar-refractivity contribution in [1.29, 1.82) is 0 Å². The minimum atomic E-state index is -0.789. The average molecular weight is 284 g/mol. The van der Waals surface area contributed by atoms with Crippen LogP contribution in [0.4, 0.5) is 0 Å². The van der Waals surface area contributed by atoms with Gasteiger partial charge in [-0.3, -0.25) is 4.79 Å². The van der Waals surface area contributed by atoms with Gasteiger partial charge in [-0.25, -0.2) is 0 Å². The van der Waals surface area contributed by atoms with E-state index in [1.807, 2.05) is 24.4 Å². The van der Waals surface area contributed by atoms with E-state index in [1.165, 1.54) is 11.8 Å². The van der Waals surface area contributed by atoms with Crippen molar-refractivity contribution in [2.24, 2.45) is 0 Å². The second-order valence-electron chi connectivity index (χ2n) is 3.71. The number of hydrogen-bond donors (Lipinski definition) is 1. The molecule has 1 atom stereocenters. The summed E-state index contributed by atoms with van der Waals surface area (Å²) in [6.45, 7) is 1.87. The summed E-state index contributed by atoms with van der Waals surface area (Å²) < 4.78 is 5.14. The Kier molecular flexibility index (Phi) is 4.38. The Hall–Kier alpha value is -1.34. The van der Waals surface area contributed by atoms with Crippen LogP contribution in [-0.4, -0.2) is 26.5 Å². The van der Waals surface area contributed by atoms with E-state index in [4.69, 9.17) is 9.63 Å². The molecule has 0 aromatic carbocycles. The van der Waals surface area contributed by atoms with E-state index in [2.05, 4.69) is 10.1 Å². The molecule has 0 amide bonds. The quantitative estimate of drug-likeness (QED) is 0.879. The van der Waals surface area contributed by atoms with Crippen LogP contribution in [0.15, 0.2) is 22.0 Å². The lowest BCUT2D eigenvalue weighted by molar-refractivity contribution is -0.136. The van der Waals surface area contributed by atoms with E-state index in [0.29, 0.717) is 17.5 Å². The molecule has 2 aromatic heterocycles. The summed E-state index contributed by atoms with van der Waals surface area (Å²) in [5.74, 6) is 0.887. The molecule has 96 valence electrons. The van der Waals surface area contributed by atoms with E-state index in [-0.39, 0.29) is 11.7 Å². The second kappa shape index (κ2) is 6.01. The SMILES string of the molecule is CC(CC(=O)O)SCc1noc(-c2cccs2)n1. The lowest BCUT2D eigenvalue weighted by Crippen LogP contribution is -2.06. The molecule has 7 heteroatoms. The van der Waals surface area contributed by atoms with E-state index >= 15 is 0 Å². The van der Waals surface area contributed by atoms with Crippen molar-refractivity contribution in [3.8, 4) is 10.8 Å². The molecule has 0 aliphatic carbocycles. The number of aliphatic carboxylic acids is 1. The first-order valence-corrected chi connectivity index (χ1v) is 7.28. The second-order valence-corrected chi connectivity index (χ2v) is 6.09. The topological polar surface area (TPSA) is 76.2 Å². The molecule has 2 rings (SSSR count). The Balaban J connectivity index is 1.89. The van der Waals surface area contributed by atoms with Crippen molar-refractivity contribution < 1.29 is 14.4 Å². The van der Waals surface area contributed by atoms with Crippen LogP contribution in [0.1, 0.15) is 19.2 Å². The molecular weight excluding hydrogens is 272 g/mol. The van der Waals surface area contributed by atoms with Gasteiger partial charge in [0, 0.05) is 5.25 Å². The molecule has 0 fully saturated rings. The largest absolute Gasteiger partial charge is 0.481 e. The van der Waals surface area contributed by atoms with E-state index in [1.54, 1.807) is 11.3 Å². The van der Waals surface area contributed by atoms with Crippen LogP contribution >= 0.6 is 23.1 Å². The number of carbonyl (C=O) groups is 1. The zero-order valence-electron chi connectivity index (χ0n) is 9.70. The molecule has 2 heterocycles. The van der Waals surface area contributed by atoms with Crippen molar-refractivity contribution in [3.63, 3.8) is 0 Å². The van der Waals surface area contributed by atoms with Gasteiger partial charge in [0.05, 0.1) is 17.1 Å². The molecule has 0 radical (unpaired) electrons.